The summed E-state index contributed by atoms with van der Waals surface area (Å²) >= 11 is 5.95. The molecule has 1 atom stereocenters. The van der Waals surface area contributed by atoms with Crippen LogP contribution in [0.1, 0.15) is 17.3 Å². The van der Waals surface area contributed by atoms with Crippen molar-refractivity contribution >= 4 is 23.3 Å². The highest BCUT2D eigenvalue weighted by atomic mass is 35.5. The van der Waals surface area contributed by atoms with E-state index in [0.29, 0.717) is 10.8 Å². The minimum absolute atomic E-state index is 0.00731. The van der Waals surface area contributed by atoms with Gasteiger partial charge in [0.15, 0.2) is 6.10 Å². The second-order valence-electron chi connectivity index (χ2n) is 4.00. The summed E-state index contributed by atoms with van der Waals surface area (Å²) in [6.07, 6.45) is 0.388. The van der Waals surface area contributed by atoms with Crippen LogP contribution in [0.2, 0.25) is 5.02 Å². The summed E-state index contributed by atoms with van der Waals surface area (Å²) in [5.74, 6) is -0.0997. The van der Waals surface area contributed by atoms with E-state index in [1.54, 1.807) is 31.2 Å². The number of aromatic nitrogens is 2. The Morgan fingerprint density at radius 1 is 1.55 bits per heavy atom. The number of benzene rings is 1. The molecule has 0 radical (unpaired) electrons. The first-order valence-corrected chi connectivity index (χ1v) is 6.11. The average Bonchev–Trinajstić information content (AvgIpc) is 2.81. The van der Waals surface area contributed by atoms with Gasteiger partial charge in [-0.2, -0.15) is 15.0 Å². The number of nitriles is 1. The summed E-state index contributed by atoms with van der Waals surface area (Å²) in [7, 11) is 0. The lowest BCUT2D eigenvalue weighted by Crippen LogP contribution is -2.31. The number of ether oxygens (including phenoxy) is 1. The van der Waals surface area contributed by atoms with Gasteiger partial charge in [-0.3, -0.25) is 4.79 Å². The monoisotopic (exact) mass is 290 g/mol. The molecule has 0 aliphatic rings. The molecule has 7 heteroatoms. The van der Waals surface area contributed by atoms with Crippen molar-refractivity contribution in [2.75, 3.05) is 5.73 Å². The molecular weight excluding hydrogens is 280 g/mol. The number of halogens is 1. The number of carbonyl (C=O) groups excluding carboxylic acids is 1. The first-order chi connectivity index (χ1) is 9.54. The standard InChI is InChI=1S/C13H11ClN4O2/c1-8(20-11-5-3-2-4-10(11)14)13(19)18-12(16)9(6-15)7-17-18/h2-5,7-8H,16H2,1H3/t8-/m0/s1. The highest BCUT2D eigenvalue weighted by Crippen LogP contribution is 2.24. The number of anilines is 1. The second-order valence-corrected chi connectivity index (χ2v) is 4.40. The maximum absolute atomic E-state index is 12.2. The molecule has 0 bridgehead atoms. The number of nitrogen functional groups attached to an aromatic ring is 1. The molecule has 0 spiro atoms. The molecule has 1 heterocycles. The molecule has 1 aromatic carbocycles. The third-order valence-electron chi connectivity index (χ3n) is 2.62. The SMILES string of the molecule is C[C@H](Oc1ccccc1Cl)C(=O)n1ncc(C#N)c1N. The number of nitrogens with zero attached hydrogens (tertiary/aromatic N) is 3. The van der Waals surface area contributed by atoms with E-state index in [1.807, 2.05) is 6.07 Å². The zero-order chi connectivity index (χ0) is 14.7. The maximum Gasteiger partial charge on any atom is 0.289 e. The van der Waals surface area contributed by atoms with Crippen LogP contribution >= 0.6 is 11.6 Å². The minimum atomic E-state index is -0.844. The highest BCUT2D eigenvalue weighted by Gasteiger charge is 2.22. The van der Waals surface area contributed by atoms with E-state index in [4.69, 9.17) is 27.3 Å². The van der Waals surface area contributed by atoms with Crippen LogP contribution in [0.25, 0.3) is 0 Å². The quantitative estimate of drug-likeness (QED) is 0.934. The van der Waals surface area contributed by atoms with Crippen molar-refractivity contribution in [3.05, 3.63) is 41.0 Å². The van der Waals surface area contributed by atoms with Crippen molar-refractivity contribution in [2.45, 2.75) is 13.0 Å². The number of nitrogens with two attached hydrogens (primary N) is 1. The first kappa shape index (κ1) is 13.9. The molecular formula is C13H11ClN4O2. The Morgan fingerprint density at radius 2 is 2.25 bits per heavy atom. The van der Waals surface area contributed by atoms with Crippen LogP contribution in [-0.2, 0) is 0 Å². The van der Waals surface area contributed by atoms with Crippen molar-refractivity contribution in [1.82, 2.24) is 9.78 Å². The van der Waals surface area contributed by atoms with Gasteiger partial charge in [0.2, 0.25) is 0 Å². The molecule has 0 unspecified atom stereocenters. The van der Waals surface area contributed by atoms with E-state index in [2.05, 4.69) is 5.10 Å². The zero-order valence-electron chi connectivity index (χ0n) is 10.6. The van der Waals surface area contributed by atoms with Crippen LogP contribution in [0.3, 0.4) is 0 Å². The van der Waals surface area contributed by atoms with Crippen LogP contribution in [0.15, 0.2) is 30.5 Å². The summed E-state index contributed by atoms with van der Waals surface area (Å²) in [4.78, 5) is 12.2. The normalized spacial score (nSPS) is 11.7. The Balaban J connectivity index is 2.19. The van der Waals surface area contributed by atoms with E-state index in [0.717, 1.165) is 4.68 Å². The van der Waals surface area contributed by atoms with E-state index >= 15 is 0 Å². The zero-order valence-corrected chi connectivity index (χ0v) is 11.3. The molecule has 0 saturated carbocycles. The van der Waals surface area contributed by atoms with Crippen LogP contribution in [0.5, 0.6) is 5.75 Å². The summed E-state index contributed by atoms with van der Waals surface area (Å²) < 4.78 is 6.42. The van der Waals surface area contributed by atoms with Gasteiger partial charge in [0, 0.05) is 0 Å². The van der Waals surface area contributed by atoms with Gasteiger partial charge in [0.1, 0.15) is 23.2 Å². The van der Waals surface area contributed by atoms with Gasteiger partial charge in [-0.15, -0.1) is 0 Å². The molecule has 6 nitrogen and oxygen atoms in total. The van der Waals surface area contributed by atoms with Gasteiger partial charge in [0.05, 0.1) is 11.2 Å². The number of carbonyl (C=O) groups is 1. The Morgan fingerprint density at radius 3 is 2.85 bits per heavy atom. The average molecular weight is 291 g/mol. The van der Waals surface area contributed by atoms with E-state index in [1.165, 1.54) is 6.20 Å². The molecule has 1 aromatic heterocycles. The molecule has 2 N–H and O–H groups in total. The molecule has 20 heavy (non-hydrogen) atoms. The van der Waals surface area contributed by atoms with Gasteiger partial charge in [-0.25, -0.2) is 0 Å². The molecule has 2 aromatic rings. The van der Waals surface area contributed by atoms with E-state index < -0.39 is 12.0 Å². The fourth-order valence-electron chi connectivity index (χ4n) is 1.57. The topological polar surface area (TPSA) is 93.9 Å². The largest absolute Gasteiger partial charge is 0.479 e. The lowest BCUT2D eigenvalue weighted by Gasteiger charge is -2.14. The minimum Gasteiger partial charge on any atom is -0.479 e. The highest BCUT2D eigenvalue weighted by molar-refractivity contribution is 6.32. The summed E-state index contributed by atoms with van der Waals surface area (Å²) in [6, 6.07) is 8.66. The predicted octanol–water partition coefficient (Wildman–Crippen LogP) is 2.10. The van der Waals surface area contributed by atoms with Crippen LogP contribution in [-0.4, -0.2) is 21.8 Å². The molecule has 0 aliphatic carbocycles. The van der Waals surface area contributed by atoms with Crippen molar-refractivity contribution < 1.29 is 9.53 Å². The third-order valence-corrected chi connectivity index (χ3v) is 2.94. The van der Waals surface area contributed by atoms with Crippen molar-refractivity contribution in [1.29, 1.82) is 5.26 Å². The van der Waals surface area contributed by atoms with E-state index in [-0.39, 0.29) is 11.4 Å². The summed E-state index contributed by atoms with van der Waals surface area (Å²) in [5.41, 5.74) is 5.79. The summed E-state index contributed by atoms with van der Waals surface area (Å²) in [5, 5.41) is 13.0. The van der Waals surface area contributed by atoms with Crippen molar-refractivity contribution in [2.24, 2.45) is 0 Å². The van der Waals surface area contributed by atoms with E-state index in [9.17, 15) is 4.79 Å². The lowest BCUT2D eigenvalue weighted by molar-refractivity contribution is 0.0714. The Kier molecular flexibility index (Phi) is 3.91. The van der Waals surface area contributed by atoms with Crippen LogP contribution < -0.4 is 10.5 Å². The fourth-order valence-corrected chi connectivity index (χ4v) is 1.75. The third kappa shape index (κ3) is 2.58. The number of hydrogen-bond donors (Lipinski definition) is 1. The number of rotatable bonds is 3. The second kappa shape index (κ2) is 5.63. The van der Waals surface area contributed by atoms with Crippen molar-refractivity contribution in [3.8, 4) is 11.8 Å². The molecule has 2 rings (SSSR count). The number of hydrogen-bond acceptors (Lipinski definition) is 5. The Hall–Kier alpha value is -2.52. The maximum atomic E-state index is 12.2. The van der Waals surface area contributed by atoms with Crippen molar-refractivity contribution in [3.63, 3.8) is 0 Å². The molecule has 0 amide bonds. The lowest BCUT2D eigenvalue weighted by atomic mass is 10.3. The smallest absolute Gasteiger partial charge is 0.289 e. The first-order valence-electron chi connectivity index (χ1n) is 5.73. The van der Waals surface area contributed by atoms with Gasteiger partial charge < -0.3 is 10.5 Å². The van der Waals surface area contributed by atoms with Crippen LogP contribution in [0, 0.1) is 11.3 Å². The Bertz CT molecular complexity index is 690. The predicted molar refractivity (Wildman–Crippen MR) is 73.5 cm³/mol. The molecule has 0 fully saturated rings. The van der Waals surface area contributed by atoms with Gasteiger partial charge in [0.25, 0.3) is 5.91 Å². The molecule has 0 saturated heterocycles. The number of para-hydroxylation sites is 1. The van der Waals surface area contributed by atoms with Gasteiger partial charge >= 0.3 is 0 Å². The van der Waals surface area contributed by atoms with Crippen LogP contribution in [0.4, 0.5) is 5.82 Å². The van der Waals surface area contributed by atoms with Gasteiger partial charge in [-0.05, 0) is 19.1 Å². The fraction of sp³-hybridized carbons (Fsp3) is 0.154. The Labute approximate surface area is 120 Å². The molecule has 102 valence electrons. The summed E-state index contributed by atoms with van der Waals surface area (Å²) in [6.45, 7) is 1.55. The molecule has 0 aliphatic heterocycles. The van der Waals surface area contributed by atoms with Gasteiger partial charge in [-0.1, -0.05) is 23.7 Å².